The van der Waals surface area contributed by atoms with Crippen molar-refractivity contribution in [1.29, 1.82) is 0 Å². The third kappa shape index (κ3) is 5.13. The third-order valence-corrected chi connectivity index (χ3v) is 10.0. The predicted octanol–water partition coefficient (Wildman–Crippen LogP) is 2.82. The van der Waals surface area contributed by atoms with E-state index in [-0.39, 0.29) is 22.2 Å². The number of sulfonamides is 2. The van der Waals surface area contributed by atoms with Crippen LogP contribution in [0.5, 0.6) is 0 Å². The van der Waals surface area contributed by atoms with E-state index in [9.17, 15) is 21.6 Å². The number of nitrogens with zero attached hydrogens (tertiary/aromatic N) is 2. The Morgan fingerprint density at radius 2 is 1.30 bits per heavy atom. The Morgan fingerprint density at radius 3 is 1.91 bits per heavy atom. The maximum Gasteiger partial charge on any atom is 0.243 e. The predicted molar refractivity (Wildman–Crippen MR) is 126 cm³/mol. The van der Waals surface area contributed by atoms with Gasteiger partial charge < -0.3 is 5.32 Å². The van der Waals surface area contributed by atoms with Crippen LogP contribution in [-0.2, 0) is 24.8 Å². The third-order valence-electron chi connectivity index (χ3n) is 6.24. The van der Waals surface area contributed by atoms with E-state index in [1.165, 1.54) is 20.7 Å². The van der Waals surface area contributed by atoms with Crippen molar-refractivity contribution in [3.05, 3.63) is 54.1 Å². The second kappa shape index (κ2) is 9.54. The monoisotopic (exact) mass is 491 g/mol. The Bertz CT molecular complexity index is 1200. The summed E-state index contributed by atoms with van der Waals surface area (Å²) < 4.78 is 54.2. The van der Waals surface area contributed by atoms with Gasteiger partial charge in [-0.25, -0.2) is 16.8 Å². The maximum atomic E-state index is 13.0. The van der Waals surface area contributed by atoms with Gasteiger partial charge in [0.15, 0.2) is 0 Å². The summed E-state index contributed by atoms with van der Waals surface area (Å²) in [5, 5.41) is 2.81. The average Bonchev–Trinajstić information content (AvgIpc) is 3.36. The van der Waals surface area contributed by atoms with Crippen LogP contribution >= 0.6 is 0 Å². The molecule has 2 aromatic rings. The molecule has 2 fully saturated rings. The Kier molecular flexibility index (Phi) is 6.90. The Labute approximate surface area is 195 Å². The Hall–Kier alpha value is -2.27. The van der Waals surface area contributed by atoms with Gasteiger partial charge in [0.05, 0.1) is 15.7 Å². The van der Waals surface area contributed by atoms with Gasteiger partial charge in [0.1, 0.15) is 0 Å². The van der Waals surface area contributed by atoms with Gasteiger partial charge in [0.2, 0.25) is 26.0 Å². The van der Waals surface area contributed by atoms with Gasteiger partial charge in [-0.15, -0.1) is 0 Å². The number of anilines is 1. The highest BCUT2D eigenvalue weighted by atomic mass is 32.2. The first-order chi connectivity index (χ1) is 15.7. The van der Waals surface area contributed by atoms with Gasteiger partial charge in [-0.1, -0.05) is 17.7 Å². The second-order valence-electron chi connectivity index (χ2n) is 8.64. The van der Waals surface area contributed by atoms with E-state index in [1.807, 2.05) is 6.92 Å². The van der Waals surface area contributed by atoms with Gasteiger partial charge in [-0.05, 0) is 69.0 Å². The molecular weight excluding hydrogens is 462 g/mol. The molecule has 0 aromatic heterocycles. The summed E-state index contributed by atoms with van der Waals surface area (Å²) in [6, 6.07) is 12.8. The molecule has 2 saturated heterocycles. The minimum absolute atomic E-state index is 0.115. The van der Waals surface area contributed by atoms with Gasteiger partial charge >= 0.3 is 0 Å². The molecule has 2 aromatic carbocycles. The number of carbonyl (C=O) groups excluding carboxylic acids is 1. The normalized spacial score (nSPS) is 20.6. The van der Waals surface area contributed by atoms with Crippen LogP contribution in [0.3, 0.4) is 0 Å². The lowest BCUT2D eigenvalue weighted by Gasteiger charge is -2.31. The lowest BCUT2D eigenvalue weighted by atomic mass is 9.99. The average molecular weight is 492 g/mol. The minimum Gasteiger partial charge on any atom is -0.326 e. The highest BCUT2D eigenvalue weighted by Gasteiger charge is 2.33. The Balaban J connectivity index is 1.41. The van der Waals surface area contributed by atoms with Crippen LogP contribution in [0.4, 0.5) is 5.69 Å². The van der Waals surface area contributed by atoms with E-state index in [4.69, 9.17) is 0 Å². The molecule has 4 rings (SSSR count). The molecule has 2 aliphatic rings. The Morgan fingerprint density at radius 1 is 0.788 bits per heavy atom. The van der Waals surface area contributed by atoms with Crippen LogP contribution in [-0.4, -0.2) is 57.5 Å². The molecule has 33 heavy (non-hydrogen) atoms. The topological polar surface area (TPSA) is 104 Å². The number of aryl methyl sites for hydroxylation is 1. The smallest absolute Gasteiger partial charge is 0.243 e. The van der Waals surface area contributed by atoms with Crippen molar-refractivity contribution in [2.75, 3.05) is 31.5 Å². The number of carbonyl (C=O) groups is 1. The highest BCUT2D eigenvalue weighted by molar-refractivity contribution is 7.89. The highest BCUT2D eigenvalue weighted by Crippen LogP contribution is 2.26. The summed E-state index contributed by atoms with van der Waals surface area (Å²) in [5.41, 5.74) is 1.46. The molecule has 0 radical (unpaired) electrons. The molecule has 8 nitrogen and oxygen atoms in total. The maximum absolute atomic E-state index is 13.0. The number of piperidine rings is 1. The van der Waals surface area contributed by atoms with Crippen molar-refractivity contribution in [1.82, 2.24) is 8.61 Å². The molecule has 0 spiro atoms. The molecular formula is C23H29N3O5S2. The summed E-state index contributed by atoms with van der Waals surface area (Å²) >= 11 is 0. The van der Waals surface area contributed by atoms with Gasteiger partial charge in [-0.3, -0.25) is 4.79 Å². The standard InChI is InChI=1S/C23H29N3O5S2/c1-18-6-10-21(11-7-18)33(30,31)26-16-4-5-19(17-26)23(27)24-20-8-12-22(13-9-20)32(28,29)25-14-2-3-15-25/h6-13,19H,2-5,14-17H2,1H3,(H,24,27)/t19-/m1/s1. The number of amides is 1. The van der Waals surface area contributed by atoms with Crippen molar-refractivity contribution >= 4 is 31.6 Å². The molecule has 10 heteroatoms. The summed E-state index contributed by atoms with van der Waals surface area (Å²) in [6.45, 7) is 3.45. The van der Waals surface area contributed by atoms with E-state index in [2.05, 4.69) is 5.32 Å². The molecule has 1 N–H and O–H groups in total. The summed E-state index contributed by atoms with van der Waals surface area (Å²) in [5.74, 6) is -0.749. The number of rotatable bonds is 6. The van der Waals surface area contributed by atoms with E-state index in [0.29, 0.717) is 38.2 Å². The zero-order valence-electron chi connectivity index (χ0n) is 18.6. The number of benzene rings is 2. The lowest BCUT2D eigenvalue weighted by molar-refractivity contribution is -0.120. The number of hydrogen-bond donors (Lipinski definition) is 1. The second-order valence-corrected chi connectivity index (χ2v) is 12.5. The number of nitrogens with one attached hydrogen (secondary N) is 1. The van der Waals surface area contributed by atoms with Crippen LogP contribution in [0.15, 0.2) is 58.3 Å². The van der Waals surface area contributed by atoms with Crippen LogP contribution in [0.1, 0.15) is 31.2 Å². The molecule has 1 amide bonds. The van der Waals surface area contributed by atoms with Crippen molar-refractivity contribution in [2.24, 2.45) is 5.92 Å². The van der Waals surface area contributed by atoms with E-state index < -0.39 is 26.0 Å². The van der Waals surface area contributed by atoms with Gasteiger partial charge in [-0.2, -0.15) is 8.61 Å². The zero-order chi connectivity index (χ0) is 23.6. The molecule has 2 aliphatic heterocycles. The van der Waals surface area contributed by atoms with Crippen LogP contribution in [0, 0.1) is 12.8 Å². The minimum atomic E-state index is -3.67. The zero-order valence-corrected chi connectivity index (χ0v) is 20.2. The van der Waals surface area contributed by atoms with Crippen molar-refractivity contribution in [3.8, 4) is 0 Å². The van der Waals surface area contributed by atoms with Crippen molar-refractivity contribution in [3.63, 3.8) is 0 Å². The molecule has 1 atom stereocenters. The van der Waals surface area contributed by atoms with E-state index in [0.717, 1.165) is 18.4 Å². The van der Waals surface area contributed by atoms with Crippen LogP contribution in [0.25, 0.3) is 0 Å². The lowest BCUT2D eigenvalue weighted by Crippen LogP contribution is -2.43. The molecule has 0 saturated carbocycles. The molecule has 178 valence electrons. The van der Waals surface area contributed by atoms with Crippen molar-refractivity contribution in [2.45, 2.75) is 42.4 Å². The van der Waals surface area contributed by atoms with Crippen molar-refractivity contribution < 1.29 is 21.6 Å². The summed E-state index contributed by atoms with van der Waals surface area (Å²) in [4.78, 5) is 13.3. The number of hydrogen-bond acceptors (Lipinski definition) is 5. The first-order valence-electron chi connectivity index (χ1n) is 11.2. The SMILES string of the molecule is Cc1ccc(S(=O)(=O)N2CCC[C@@H](C(=O)Nc3ccc(S(=O)(=O)N4CCCC4)cc3)C2)cc1. The van der Waals surface area contributed by atoms with E-state index >= 15 is 0 Å². The van der Waals surface area contributed by atoms with E-state index in [1.54, 1.807) is 36.4 Å². The molecule has 2 heterocycles. The summed E-state index contributed by atoms with van der Waals surface area (Å²) in [7, 11) is -7.18. The first kappa shape index (κ1) is 23.9. The molecule has 0 aliphatic carbocycles. The van der Waals surface area contributed by atoms with Crippen LogP contribution in [0.2, 0.25) is 0 Å². The first-order valence-corrected chi connectivity index (χ1v) is 14.0. The fourth-order valence-electron chi connectivity index (χ4n) is 4.27. The largest absolute Gasteiger partial charge is 0.326 e. The molecule has 0 bridgehead atoms. The fraction of sp³-hybridized carbons (Fsp3) is 0.435. The summed E-state index contributed by atoms with van der Waals surface area (Å²) in [6.07, 6.45) is 2.92. The van der Waals surface area contributed by atoms with Gasteiger partial charge in [0, 0.05) is 31.9 Å². The quantitative estimate of drug-likeness (QED) is 0.669. The van der Waals surface area contributed by atoms with Gasteiger partial charge in [0.25, 0.3) is 0 Å². The van der Waals surface area contributed by atoms with Crippen LogP contribution < -0.4 is 5.32 Å². The molecule has 0 unspecified atom stereocenters. The fourth-order valence-corrected chi connectivity index (χ4v) is 7.31.